The Morgan fingerprint density at radius 2 is 1.88 bits per heavy atom. The maximum absolute atomic E-state index is 5.42. The number of hydrogen-bond acceptors (Lipinski definition) is 2. The molecule has 2 fully saturated rings. The van der Waals surface area contributed by atoms with Crippen LogP contribution in [0.3, 0.4) is 0 Å². The largest absolute Gasteiger partial charge is 0.379 e. The Hall–Kier alpha value is -0.340. The Bertz CT molecular complexity index is 227. The van der Waals surface area contributed by atoms with Gasteiger partial charge >= 0.3 is 0 Å². The van der Waals surface area contributed by atoms with Crippen molar-refractivity contribution in [1.29, 1.82) is 0 Å². The van der Waals surface area contributed by atoms with Crippen LogP contribution in [0.4, 0.5) is 0 Å². The molecule has 2 rings (SSSR count). The maximum atomic E-state index is 5.42. The van der Waals surface area contributed by atoms with Crippen LogP contribution in [0.15, 0.2) is 12.2 Å². The molecule has 0 aromatic heterocycles. The third-order valence-electron chi connectivity index (χ3n) is 4.19. The van der Waals surface area contributed by atoms with Crippen LogP contribution >= 0.6 is 0 Å². The number of rotatable bonds is 4. The second kappa shape index (κ2) is 7.17. The van der Waals surface area contributed by atoms with Crippen molar-refractivity contribution < 1.29 is 4.74 Å². The van der Waals surface area contributed by atoms with E-state index in [1.807, 2.05) is 0 Å². The zero-order chi connectivity index (χ0) is 11.9. The predicted molar refractivity (Wildman–Crippen MR) is 72.2 cm³/mol. The first-order chi connectivity index (χ1) is 8.40. The minimum atomic E-state index is 0.640. The summed E-state index contributed by atoms with van der Waals surface area (Å²) in [6.45, 7) is 6.33. The zero-order valence-corrected chi connectivity index (χ0v) is 11.2. The lowest BCUT2D eigenvalue weighted by molar-refractivity contribution is 0.0249. The van der Waals surface area contributed by atoms with E-state index in [4.69, 9.17) is 4.74 Å². The molecular formula is C15H27NO. The van der Waals surface area contributed by atoms with Crippen molar-refractivity contribution in [3.8, 4) is 0 Å². The quantitative estimate of drug-likeness (QED) is 0.696. The van der Waals surface area contributed by atoms with Gasteiger partial charge in [-0.2, -0.15) is 0 Å². The summed E-state index contributed by atoms with van der Waals surface area (Å²) in [7, 11) is 0. The van der Waals surface area contributed by atoms with Crippen molar-refractivity contribution >= 4 is 0 Å². The van der Waals surface area contributed by atoms with Gasteiger partial charge in [0, 0.05) is 19.1 Å². The van der Waals surface area contributed by atoms with Gasteiger partial charge in [0.15, 0.2) is 0 Å². The highest BCUT2D eigenvalue weighted by molar-refractivity contribution is 4.98. The summed E-state index contributed by atoms with van der Waals surface area (Å²) in [5.41, 5.74) is 0. The summed E-state index contributed by atoms with van der Waals surface area (Å²) >= 11 is 0. The van der Waals surface area contributed by atoms with Gasteiger partial charge in [-0.25, -0.2) is 0 Å². The first-order valence-corrected chi connectivity index (χ1v) is 7.40. The summed E-state index contributed by atoms with van der Waals surface area (Å²) in [6, 6.07) is 0.640. The molecule has 1 aliphatic carbocycles. The van der Waals surface area contributed by atoms with Crippen molar-refractivity contribution in [2.45, 2.75) is 51.5 Å². The Balaban J connectivity index is 1.82. The van der Waals surface area contributed by atoms with Crippen LogP contribution in [0, 0.1) is 5.92 Å². The molecule has 1 aliphatic heterocycles. The number of morpholine rings is 1. The van der Waals surface area contributed by atoms with Crippen LogP contribution in [-0.4, -0.2) is 37.2 Å². The number of allylic oxidation sites excluding steroid dienone is 1. The van der Waals surface area contributed by atoms with E-state index >= 15 is 0 Å². The molecule has 2 nitrogen and oxygen atoms in total. The first-order valence-electron chi connectivity index (χ1n) is 7.40. The van der Waals surface area contributed by atoms with Crippen molar-refractivity contribution in [3.05, 3.63) is 12.2 Å². The molecule has 1 saturated carbocycles. The van der Waals surface area contributed by atoms with Crippen LogP contribution in [0.1, 0.15) is 45.4 Å². The second-order valence-electron chi connectivity index (χ2n) is 5.41. The van der Waals surface area contributed by atoms with Gasteiger partial charge < -0.3 is 4.74 Å². The summed E-state index contributed by atoms with van der Waals surface area (Å²) in [5, 5.41) is 0. The molecule has 0 radical (unpaired) electrons. The predicted octanol–water partition coefficient (Wildman–Crippen LogP) is 3.23. The fourth-order valence-electron chi connectivity index (χ4n) is 3.04. The molecule has 2 heteroatoms. The number of hydrogen-bond donors (Lipinski definition) is 0. The van der Waals surface area contributed by atoms with Crippen molar-refractivity contribution in [1.82, 2.24) is 4.90 Å². The van der Waals surface area contributed by atoms with E-state index in [1.54, 1.807) is 0 Å². The Labute approximate surface area is 106 Å². The van der Waals surface area contributed by atoms with E-state index in [9.17, 15) is 0 Å². The third-order valence-corrected chi connectivity index (χ3v) is 4.19. The van der Waals surface area contributed by atoms with Crippen molar-refractivity contribution in [2.24, 2.45) is 5.92 Å². The summed E-state index contributed by atoms with van der Waals surface area (Å²) < 4.78 is 5.42. The lowest BCUT2D eigenvalue weighted by Gasteiger charge is -2.32. The molecule has 0 bridgehead atoms. The monoisotopic (exact) mass is 237 g/mol. The summed E-state index contributed by atoms with van der Waals surface area (Å²) in [6.07, 6.45) is 13.3. The molecule has 1 atom stereocenters. The number of ether oxygens (including phenoxy) is 1. The molecule has 0 aromatic carbocycles. The lowest BCUT2D eigenvalue weighted by Crippen LogP contribution is -2.42. The summed E-state index contributed by atoms with van der Waals surface area (Å²) in [4.78, 5) is 2.57. The minimum absolute atomic E-state index is 0.640. The van der Waals surface area contributed by atoms with E-state index in [2.05, 4.69) is 24.0 Å². The standard InChI is InChI=1S/C15H27NO/c1-2-15(16-10-12-17-13-11-16)9-8-14-6-4-3-5-7-14/h8-9,14-15H,2-7,10-13H2,1H3/b9-8-. The molecular weight excluding hydrogens is 210 g/mol. The van der Waals surface area contributed by atoms with Crippen LogP contribution in [0.5, 0.6) is 0 Å². The van der Waals surface area contributed by atoms with Gasteiger partial charge in [0.25, 0.3) is 0 Å². The van der Waals surface area contributed by atoms with Crippen LogP contribution in [0.2, 0.25) is 0 Å². The van der Waals surface area contributed by atoms with Crippen molar-refractivity contribution in [3.63, 3.8) is 0 Å². The topological polar surface area (TPSA) is 12.5 Å². The molecule has 0 N–H and O–H groups in total. The second-order valence-corrected chi connectivity index (χ2v) is 5.41. The zero-order valence-electron chi connectivity index (χ0n) is 11.2. The van der Waals surface area contributed by atoms with Crippen LogP contribution in [-0.2, 0) is 4.74 Å². The van der Waals surface area contributed by atoms with Gasteiger partial charge in [-0.15, -0.1) is 0 Å². The molecule has 1 saturated heterocycles. The van der Waals surface area contributed by atoms with Gasteiger partial charge in [-0.1, -0.05) is 38.3 Å². The Kier molecular flexibility index (Phi) is 5.53. The highest BCUT2D eigenvalue weighted by atomic mass is 16.5. The van der Waals surface area contributed by atoms with E-state index in [0.29, 0.717) is 6.04 Å². The number of nitrogens with zero attached hydrogens (tertiary/aromatic N) is 1. The Morgan fingerprint density at radius 1 is 1.18 bits per heavy atom. The smallest absolute Gasteiger partial charge is 0.0594 e. The first kappa shape index (κ1) is 13.1. The molecule has 0 spiro atoms. The molecule has 98 valence electrons. The van der Waals surface area contributed by atoms with Gasteiger partial charge in [0.2, 0.25) is 0 Å². The van der Waals surface area contributed by atoms with Crippen molar-refractivity contribution in [2.75, 3.05) is 26.3 Å². The van der Waals surface area contributed by atoms with Gasteiger partial charge in [-0.05, 0) is 25.2 Å². The van der Waals surface area contributed by atoms with E-state index in [0.717, 1.165) is 32.2 Å². The van der Waals surface area contributed by atoms with Crippen LogP contribution in [0.25, 0.3) is 0 Å². The molecule has 2 aliphatic rings. The Morgan fingerprint density at radius 3 is 2.53 bits per heavy atom. The van der Waals surface area contributed by atoms with Gasteiger partial charge in [0.1, 0.15) is 0 Å². The van der Waals surface area contributed by atoms with E-state index in [-0.39, 0.29) is 0 Å². The fraction of sp³-hybridized carbons (Fsp3) is 0.867. The molecule has 1 unspecified atom stereocenters. The fourth-order valence-corrected chi connectivity index (χ4v) is 3.04. The molecule has 0 amide bonds. The van der Waals surface area contributed by atoms with E-state index in [1.165, 1.54) is 38.5 Å². The van der Waals surface area contributed by atoms with Crippen LogP contribution < -0.4 is 0 Å². The highest BCUT2D eigenvalue weighted by Crippen LogP contribution is 2.25. The summed E-state index contributed by atoms with van der Waals surface area (Å²) in [5.74, 6) is 0.860. The lowest BCUT2D eigenvalue weighted by atomic mass is 9.88. The average Bonchev–Trinajstić information content (AvgIpc) is 2.42. The normalized spacial score (nSPS) is 26.4. The average molecular weight is 237 g/mol. The molecule has 1 heterocycles. The van der Waals surface area contributed by atoms with Gasteiger partial charge in [0.05, 0.1) is 13.2 Å². The molecule has 0 aromatic rings. The maximum Gasteiger partial charge on any atom is 0.0594 e. The third kappa shape index (κ3) is 4.11. The van der Waals surface area contributed by atoms with E-state index < -0.39 is 0 Å². The SMILES string of the molecule is CCC(/C=C\C1CCCCC1)N1CCOCC1. The minimum Gasteiger partial charge on any atom is -0.379 e. The highest BCUT2D eigenvalue weighted by Gasteiger charge is 2.17. The molecule has 17 heavy (non-hydrogen) atoms. The van der Waals surface area contributed by atoms with Gasteiger partial charge in [-0.3, -0.25) is 4.90 Å².